The fourth-order valence-electron chi connectivity index (χ4n) is 3.38. The minimum atomic E-state index is -0.123. The van der Waals surface area contributed by atoms with Crippen molar-refractivity contribution < 1.29 is 14.3 Å². The van der Waals surface area contributed by atoms with Gasteiger partial charge >= 0.3 is 5.97 Å². The second-order valence-corrected chi connectivity index (χ2v) is 6.67. The number of esters is 1. The Kier molecular flexibility index (Phi) is 5.87. The lowest BCUT2D eigenvalue weighted by Gasteiger charge is -2.26. The molecule has 7 heteroatoms. The molecule has 0 aliphatic heterocycles. The maximum absolute atomic E-state index is 11.6. The van der Waals surface area contributed by atoms with Gasteiger partial charge in [-0.25, -0.2) is 9.97 Å². The molecule has 2 aromatic rings. The minimum Gasteiger partial charge on any atom is -0.492 e. The number of hydrogen-bond acceptors (Lipinski definition) is 7. The average Bonchev–Trinajstić information content (AvgIpc) is 2.72. The first kappa shape index (κ1) is 18.6. The van der Waals surface area contributed by atoms with Gasteiger partial charge < -0.3 is 15.2 Å². The molecule has 1 aliphatic carbocycles. The van der Waals surface area contributed by atoms with Gasteiger partial charge in [0.25, 0.3) is 0 Å². The Bertz CT molecular complexity index is 855. The third-order valence-electron chi connectivity index (χ3n) is 4.93. The summed E-state index contributed by atoms with van der Waals surface area (Å²) in [6, 6.07) is 9.30. The van der Waals surface area contributed by atoms with E-state index in [0.29, 0.717) is 29.5 Å². The van der Waals surface area contributed by atoms with Gasteiger partial charge in [0.05, 0.1) is 30.9 Å². The zero-order valence-electron chi connectivity index (χ0n) is 15.2. The van der Waals surface area contributed by atoms with Crippen LogP contribution in [0.15, 0.2) is 30.5 Å². The lowest BCUT2D eigenvalue weighted by Crippen LogP contribution is -2.25. The lowest BCUT2D eigenvalue weighted by atomic mass is 9.82. The van der Waals surface area contributed by atoms with E-state index in [0.717, 1.165) is 31.2 Å². The summed E-state index contributed by atoms with van der Waals surface area (Å²) in [5.74, 6) is 0.994. The molecular formula is C20H22N4O3. The largest absolute Gasteiger partial charge is 0.492 e. The molecule has 0 spiro atoms. The fourth-order valence-corrected chi connectivity index (χ4v) is 3.38. The molecule has 1 fully saturated rings. The van der Waals surface area contributed by atoms with Crippen LogP contribution in [0.3, 0.4) is 0 Å². The summed E-state index contributed by atoms with van der Waals surface area (Å²) >= 11 is 0. The van der Waals surface area contributed by atoms with E-state index in [1.165, 1.54) is 7.11 Å². The predicted octanol–water partition coefficient (Wildman–Crippen LogP) is 2.96. The topological polar surface area (TPSA) is 111 Å². The molecule has 1 aliphatic rings. The van der Waals surface area contributed by atoms with Crippen LogP contribution in [-0.4, -0.2) is 29.7 Å². The molecule has 1 aromatic carbocycles. The predicted molar refractivity (Wildman–Crippen MR) is 99.6 cm³/mol. The Morgan fingerprint density at radius 1 is 1.30 bits per heavy atom. The molecule has 27 heavy (non-hydrogen) atoms. The van der Waals surface area contributed by atoms with Crippen LogP contribution in [0.1, 0.15) is 31.2 Å². The number of carbonyl (C=O) groups excluding carboxylic acids is 1. The Labute approximate surface area is 158 Å². The van der Waals surface area contributed by atoms with E-state index in [1.807, 2.05) is 6.07 Å². The van der Waals surface area contributed by atoms with Crippen LogP contribution in [0.4, 0.5) is 5.95 Å². The molecule has 0 radical (unpaired) electrons. The van der Waals surface area contributed by atoms with Gasteiger partial charge in [0, 0.05) is 11.8 Å². The van der Waals surface area contributed by atoms with Crippen LogP contribution in [0.5, 0.6) is 5.75 Å². The van der Waals surface area contributed by atoms with Crippen LogP contribution in [0.25, 0.3) is 11.3 Å². The smallest absolute Gasteiger partial charge is 0.308 e. The molecule has 1 saturated carbocycles. The van der Waals surface area contributed by atoms with Crippen LogP contribution < -0.4 is 10.5 Å². The summed E-state index contributed by atoms with van der Waals surface area (Å²) in [5.41, 5.74) is 7.52. The van der Waals surface area contributed by atoms with Gasteiger partial charge in [-0.15, -0.1) is 0 Å². The van der Waals surface area contributed by atoms with Crippen molar-refractivity contribution in [3.8, 4) is 23.1 Å². The van der Waals surface area contributed by atoms with Crippen LogP contribution >= 0.6 is 0 Å². The summed E-state index contributed by atoms with van der Waals surface area (Å²) in [5, 5.41) is 9.47. The summed E-state index contributed by atoms with van der Waals surface area (Å²) in [4.78, 5) is 19.7. The maximum atomic E-state index is 11.6. The number of nitrogen functional groups attached to an aromatic ring is 1. The Hall–Kier alpha value is -3.14. The first-order valence-electron chi connectivity index (χ1n) is 8.94. The molecule has 7 nitrogen and oxygen atoms in total. The molecule has 0 saturated heterocycles. The highest BCUT2D eigenvalue weighted by Crippen LogP contribution is 2.31. The van der Waals surface area contributed by atoms with Crippen molar-refractivity contribution in [2.75, 3.05) is 19.5 Å². The number of rotatable bonds is 5. The number of methoxy groups -OCH3 is 1. The molecule has 3 rings (SSSR count). The van der Waals surface area contributed by atoms with Crippen LogP contribution in [-0.2, 0) is 9.53 Å². The SMILES string of the molecule is COC(=O)C1CCC(COc2ccc(-c3ccnc(N)n3)cc2C#N)CC1. The summed E-state index contributed by atoms with van der Waals surface area (Å²) in [6.45, 7) is 0.530. The second kappa shape index (κ2) is 8.49. The monoisotopic (exact) mass is 366 g/mol. The number of carbonyl (C=O) groups is 1. The number of benzene rings is 1. The molecule has 1 heterocycles. The van der Waals surface area contributed by atoms with E-state index >= 15 is 0 Å². The van der Waals surface area contributed by atoms with E-state index < -0.39 is 0 Å². The van der Waals surface area contributed by atoms with Gasteiger partial charge in [0.1, 0.15) is 11.8 Å². The van der Waals surface area contributed by atoms with Gasteiger partial charge in [-0.3, -0.25) is 4.79 Å². The second-order valence-electron chi connectivity index (χ2n) is 6.67. The Morgan fingerprint density at radius 3 is 2.74 bits per heavy atom. The highest BCUT2D eigenvalue weighted by Gasteiger charge is 2.27. The molecule has 1 aromatic heterocycles. The van der Waals surface area contributed by atoms with Crippen LogP contribution in [0.2, 0.25) is 0 Å². The molecule has 2 N–H and O–H groups in total. The zero-order valence-corrected chi connectivity index (χ0v) is 15.2. The van der Waals surface area contributed by atoms with Gasteiger partial charge in [-0.2, -0.15) is 5.26 Å². The third-order valence-corrected chi connectivity index (χ3v) is 4.93. The number of ether oxygens (including phenoxy) is 2. The van der Waals surface area contributed by atoms with Crippen molar-refractivity contribution >= 4 is 11.9 Å². The van der Waals surface area contributed by atoms with Crippen molar-refractivity contribution in [3.63, 3.8) is 0 Å². The highest BCUT2D eigenvalue weighted by atomic mass is 16.5. The molecule has 0 amide bonds. The van der Waals surface area contributed by atoms with Crippen molar-refractivity contribution in [2.45, 2.75) is 25.7 Å². The zero-order chi connectivity index (χ0) is 19.2. The van der Waals surface area contributed by atoms with Gasteiger partial charge in [0.2, 0.25) is 5.95 Å². The fraction of sp³-hybridized carbons (Fsp3) is 0.400. The molecule has 0 bridgehead atoms. The van der Waals surface area contributed by atoms with E-state index in [2.05, 4.69) is 16.0 Å². The standard InChI is InChI=1S/C20H22N4O3/c1-26-19(25)14-4-2-13(3-5-14)12-27-18-7-6-15(10-16(18)11-21)17-8-9-23-20(22)24-17/h6-10,13-14H,2-5,12H2,1H3,(H2,22,23,24). The van der Waals surface area contributed by atoms with E-state index in [1.54, 1.807) is 24.4 Å². The third kappa shape index (κ3) is 4.53. The van der Waals surface area contributed by atoms with Crippen molar-refractivity contribution in [3.05, 3.63) is 36.0 Å². The first-order chi connectivity index (χ1) is 13.1. The van der Waals surface area contributed by atoms with Gasteiger partial charge in [0.15, 0.2) is 0 Å². The Balaban J connectivity index is 1.63. The number of anilines is 1. The summed E-state index contributed by atoms with van der Waals surface area (Å²) < 4.78 is 10.7. The van der Waals surface area contributed by atoms with Gasteiger partial charge in [-0.05, 0) is 55.9 Å². The van der Waals surface area contributed by atoms with Gasteiger partial charge in [-0.1, -0.05) is 0 Å². The minimum absolute atomic E-state index is 0.000464. The maximum Gasteiger partial charge on any atom is 0.308 e. The number of hydrogen-bond donors (Lipinski definition) is 1. The lowest BCUT2D eigenvalue weighted by molar-refractivity contribution is -0.146. The number of nitrogens with zero attached hydrogens (tertiary/aromatic N) is 3. The normalized spacial score (nSPS) is 19.1. The van der Waals surface area contributed by atoms with Crippen molar-refractivity contribution in [1.82, 2.24) is 9.97 Å². The Morgan fingerprint density at radius 2 is 2.07 bits per heavy atom. The first-order valence-corrected chi connectivity index (χ1v) is 8.94. The summed E-state index contributed by atoms with van der Waals surface area (Å²) in [6.07, 6.45) is 5.05. The molecule has 140 valence electrons. The quantitative estimate of drug-likeness (QED) is 0.810. The average molecular weight is 366 g/mol. The number of nitrogens with two attached hydrogens (primary N) is 1. The molecule has 0 unspecified atom stereocenters. The van der Waals surface area contributed by atoms with Crippen molar-refractivity contribution in [2.24, 2.45) is 11.8 Å². The van der Waals surface area contributed by atoms with E-state index in [4.69, 9.17) is 15.2 Å². The molecular weight excluding hydrogens is 344 g/mol. The molecule has 0 atom stereocenters. The number of nitriles is 1. The van der Waals surface area contributed by atoms with E-state index in [9.17, 15) is 10.1 Å². The highest BCUT2D eigenvalue weighted by molar-refractivity contribution is 5.72. The summed E-state index contributed by atoms with van der Waals surface area (Å²) in [7, 11) is 1.43. The number of aromatic nitrogens is 2. The van der Waals surface area contributed by atoms with Crippen molar-refractivity contribution in [1.29, 1.82) is 5.26 Å². The van der Waals surface area contributed by atoms with E-state index in [-0.39, 0.29) is 17.8 Å². The van der Waals surface area contributed by atoms with Crippen LogP contribution in [0, 0.1) is 23.2 Å².